The third-order valence-corrected chi connectivity index (χ3v) is 4.66. The van der Waals surface area contributed by atoms with Crippen LogP contribution in [0.15, 0.2) is 59.6 Å². The average Bonchev–Trinajstić information content (AvgIpc) is 3.07. The molecular formula is C22H17NO3. The molecule has 0 spiro atoms. The van der Waals surface area contributed by atoms with E-state index in [1.165, 1.54) is 12.1 Å². The minimum absolute atomic E-state index is 0.135. The van der Waals surface area contributed by atoms with E-state index in [-0.39, 0.29) is 11.5 Å². The van der Waals surface area contributed by atoms with Crippen LogP contribution in [0.3, 0.4) is 0 Å². The van der Waals surface area contributed by atoms with E-state index in [0.29, 0.717) is 12.0 Å². The van der Waals surface area contributed by atoms with Gasteiger partial charge in [0, 0.05) is 12.0 Å². The summed E-state index contributed by atoms with van der Waals surface area (Å²) in [6.07, 6.45) is 1.54. The Hall–Kier alpha value is -3.40. The van der Waals surface area contributed by atoms with Crippen molar-refractivity contribution in [3.05, 3.63) is 76.9 Å². The number of aliphatic imine (C=N–C) groups is 1. The Morgan fingerprint density at radius 2 is 1.58 bits per heavy atom. The Morgan fingerprint density at radius 3 is 2.27 bits per heavy atom. The molecule has 0 unspecified atom stereocenters. The maximum Gasteiger partial charge on any atom is 0.158 e. The van der Waals surface area contributed by atoms with Crippen LogP contribution in [-0.4, -0.2) is 22.2 Å². The van der Waals surface area contributed by atoms with Crippen LogP contribution in [0, 0.1) is 6.92 Å². The van der Waals surface area contributed by atoms with Crippen LogP contribution in [0.2, 0.25) is 0 Å². The molecule has 0 fully saturated rings. The number of carbonyl (C=O) groups is 1. The third kappa shape index (κ3) is 2.75. The number of aryl methyl sites for hydroxylation is 1. The Kier molecular flexibility index (Phi) is 3.81. The van der Waals surface area contributed by atoms with Crippen LogP contribution in [0.25, 0.3) is 11.1 Å². The van der Waals surface area contributed by atoms with Gasteiger partial charge in [0.1, 0.15) is 6.29 Å². The quantitative estimate of drug-likeness (QED) is 0.541. The van der Waals surface area contributed by atoms with E-state index in [2.05, 4.69) is 0 Å². The van der Waals surface area contributed by atoms with Crippen molar-refractivity contribution in [3.63, 3.8) is 0 Å². The number of aldehydes is 1. The molecule has 0 saturated carbocycles. The molecular weight excluding hydrogens is 326 g/mol. The predicted molar refractivity (Wildman–Crippen MR) is 102 cm³/mol. The van der Waals surface area contributed by atoms with Gasteiger partial charge in [0.15, 0.2) is 11.5 Å². The van der Waals surface area contributed by atoms with Gasteiger partial charge in [0.2, 0.25) is 0 Å². The molecule has 128 valence electrons. The first-order valence-corrected chi connectivity index (χ1v) is 8.34. The summed E-state index contributed by atoms with van der Waals surface area (Å²) in [6.45, 7) is 1.96. The molecule has 2 N–H and O–H groups in total. The maximum atomic E-state index is 11.3. The molecule has 0 bridgehead atoms. The molecule has 1 aliphatic rings. The summed E-state index contributed by atoms with van der Waals surface area (Å²) in [7, 11) is 0. The summed E-state index contributed by atoms with van der Waals surface area (Å²) in [5, 5.41) is 19.1. The minimum Gasteiger partial charge on any atom is -0.504 e. The second-order valence-electron chi connectivity index (χ2n) is 6.49. The van der Waals surface area contributed by atoms with Crippen molar-refractivity contribution < 1.29 is 15.0 Å². The van der Waals surface area contributed by atoms with Crippen molar-refractivity contribution >= 4 is 17.7 Å². The summed E-state index contributed by atoms with van der Waals surface area (Å²) >= 11 is 0. The van der Waals surface area contributed by atoms with E-state index in [1.54, 1.807) is 6.07 Å². The second-order valence-corrected chi connectivity index (χ2v) is 6.49. The van der Waals surface area contributed by atoms with Gasteiger partial charge in [-0.1, -0.05) is 30.3 Å². The standard InChI is InChI=1S/C22H17NO3/c1-13-8-17(12-24)18-11-19(23-20(18)9-13)15-4-2-14(3-5-15)16-6-7-21(25)22(26)10-16/h2-10,12,25-26H,11H2,1H3. The number of fused-ring (bicyclic) bond motifs is 1. The molecule has 0 saturated heterocycles. The lowest BCUT2D eigenvalue weighted by molar-refractivity contribution is 0.112. The summed E-state index contributed by atoms with van der Waals surface area (Å²) in [6, 6.07) is 16.5. The lowest BCUT2D eigenvalue weighted by atomic mass is 9.97. The van der Waals surface area contributed by atoms with Crippen LogP contribution < -0.4 is 0 Å². The number of nitrogens with zero attached hydrogens (tertiary/aromatic N) is 1. The van der Waals surface area contributed by atoms with E-state index in [9.17, 15) is 15.0 Å². The molecule has 3 aromatic carbocycles. The van der Waals surface area contributed by atoms with E-state index in [1.807, 2.05) is 43.3 Å². The van der Waals surface area contributed by atoms with Crippen molar-refractivity contribution in [1.82, 2.24) is 0 Å². The number of carbonyl (C=O) groups excluding carboxylic acids is 1. The highest BCUT2D eigenvalue weighted by Crippen LogP contribution is 2.34. The monoisotopic (exact) mass is 343 g/mol. The molecule has 0 radical (unpaired) electrons. The summed E-state index contributed by atoms with van der Waals surface area (Å²) in [5.74, 6) is -0.274. The van der Waals surface area contributed by atoms with Gasteiger partial charge < -0.3 is 10.2 Å². The van der Waals surface area contributed by atoms with Gasteiger partial charge >= 0.3 is 0 Å². The first-order valence-electron chi connectivity index (χ1n) is 8.34. The third-order valence-electron chi connectivity index (χ3n) is 4.66. The fourth-order valence-corrected chi connectivity index (χ4v) is 3.30. The van der Waals surface area contributed by atoms with Crippen LogP contribution >= 0.6 is 0 Å². The van der Waals surface area contributed by atoms with Crippen molar-refractivity contribution in [2.75, 3.05) is 0 Å². The number of phenolic OH excluding ortho intramolecular Hbond substituents is 2. The Balaban J connectivity index is 1.65. The van der Waals surface area contributed by atoms with Crippen molar-refractivity contribution in [1.29, 1.82) is 0 Å². The van der Waals surface area contributed by atoms with Crippen LogP contribution in [0.5, 0.6) is 11.5 Å². The van der Waals surface area contributed by atoms with Crippen LogP contribution in [-0.2, 0) is 6.42 Å². The largest absolute Gasteiger partial charge is 0.504 e. The SMILES string of the molecule is Cc1cc(C=O)c2c(c1)N=C(c1ccc(-c3ccc(O)c(O)c3)cc1)C2. The van der Waals surface area contributed by atoms with Crippen molar-refractivity contribution in [2.45, 2.75) is 13.3 Å². The topological polar surface area (TPSA) is 69.9 Å². The highest BCUT2D eigenvalue weighted by molar-refractivity contribution is 6.08. The molecule has 4 heteroatoms. The molecule has 1 heterocycles. The van der Waals surface area contributed by atoms with Crippen molar-refractivity contribution in [2.24, 2.45) is 4.99 Å². The first-order chi connectivity index (χ1) is 12.5. The smallest absolute Gasteiger partial charge is 0.158 e. The predicted octanol–water partition coefficient (Wildman–Crippen LogP) is 4.56. The maximum absolute atomic E-state index is 11.3. The highest BCUT2D eigenvalue weighted by atomic mass is 16.3. The molecule has 1 aliphatic heterocycles. The van der Waals surface area contributed by atoms with E-state index in [4.69, 9.17) is 4.99 Å². The molecule has 0 aromatic heterocycles. The van der Waals surface area contributed by atoms with Gasteiger partial charge in [0.05, 0.1) is 11.4 Å². The number of rotatable bonds is 3. The first kappa shape index (κ1) is 16.1. The molecule has 0 atom stereocenters. The molecule has 3 aromatic rings. The summed E-state index contributed by atoms with van der Waals surface area (Å²) < 4.78 is 0. The summed E-state index contributed by atoms with van der Waals surface area (Å²) in [4.78, 5) is 16.0. The lowest BCUT2D eigenvalue weighted by Gasteiger charge is -2.06. The number of benzene rings is 3. The zero-order valence-corrected chi connectivity index (χ0v) is 14.2. The van der Waals surface area contributed by atoms with Gasteiger partial charge in [-0.25, -0.2) is 0 Å². The number of hydrogen-bond donors (Lipinski definition) is 2. The van der Waals surface area contributed by atoms with E-state index >= 15 is 0 Å². The Morgan fingerprint density at radius 1 is 0.885 bits per heavy atom. The zero-order valence-electron chi connectivity index (χ0n) is 14.2. The molecule has 26 heavy (non-hydrogen) atoms. The van der Waals surface area contributed by atoms with Crippen LogP contribution in [0.1, 0.15) is 27.0 Å². The van der Waals surface area contributed by atoms with Crippen LogP contribution in [0.4, 0.5) is 5.69 Å². The number of hydrogen-bond acceptors (Lipinski definition) is 4. The highest BCUT2D eigenvalue weighted by Gasteiger charge is 2.19. The normalized spacial score (nSPS) is 12.6. The number of aromatic hydroxyl groups is 2. The zero-order chi connectivity index (χ0) is 18.3. The van der Waals surface area contributed by atoms with Gasteiger partial charge in [-0.2, -0.15) is 0 Å². The number of phenols is 2. The van der Waals surface area contributed by atoms with Gasteiger partial charge in [-0.15, -0.1) is 0 Å². The minimum atomic E-state index is -0.140. The molecule has 4 rings (SSSR count). The van der Waals surface area contributed by atoms with Gasteiger partial charge in [-0.3, -0.25) is 9.79 Å². The average molecular weight is 343 g/mol. The fraction of sp³-hybridized carbons (Fsp3) is 0.0909. The van der Waals surface area contributed by atoms with Gasteiger partial charge in [-0.05, 0) is 59.0 Å². The summed E-state index contributed by atoms with van der Waals surface area (Å²) in [5.41, 5.74) is 7.28. The second kappa shape index (κ2) is 6.15. The fourth-order valence-electron chi connectivity index (χ4n) is 3.30. The van der Waals surface area contributed by atoms with E-state index < -0.39 is 0 Å². The molecule has 4 nitrogen and oxygen atoms in total. The molecule has 0 aliphatic carbocycles. The Bertz CT molecular complexity index is 1050. The van der Waals surface area contributed by atoms with E-state index in [0.717, 1.165) is 45.5 Å². The molecule has 0 amide bonds. The lowest BCUT2D eigenvalue weighted by Crippen LogP contribution is -2.02. The Labute approximate surface area is 151 Å². The van der Waals surface area contributed by atoms with Crippen molar-refractivity contribution in [3.8, 4) is 22.6 Å². The van der Waals surface area contributed by atoms with Gasteiger partial charge in [0.25, 0.3) is 0 Å².